The number of anilines is 2. The van der Waals surface area contributed by atoms with Crippen molar-refractivity contribution in [2.75, 3.05) is 10.6 Å². The lowest BCUT2D eigenvalue weighted by Crippen LogP contribution is -2.36. The lowest BCUT2D eigenvalue weighted by Gasteiger charge is -2.31. The van der Waals surface area contributed by atoms with Gasteiger partial charge >= 0.3 is 0 Å². The highest BCUT2D eigenvalue weighted by atomic mass is 16.6. The average molecular weight is 286 g/mol. The molecule has 0 bridgehead atoms. The molecule has 6 nitrogen and oxygen atoms in total. The molecule has 3 aliphatic rings. The molecule has 21 heavy (non-hydrogen) atoms. The Balaban J connectivity index is 1.77. The minimum Gasteiger partial charge on any atom is -0.357 e. The van der Waals surface area contributed by atoms with E-state index in [-0.39, 0.29) is 11.8 Å². The van der Waals surface area contributed by atoms with Gasteiger partial charge in [-0.3, -0.25) is 4.79 Å². The second-order valence-corrected chi connectivity index (χ2v) is 5.92. The van der Waals surface area contributed by atoms with E-state index >= 15 is 0 Å². The molecule has 0 fully saturated rings. The van der Waals surface area contributed by atoms with Crippen LogP contribution in [-0.4, -0.2) is 22.1 Å². The highest BCUT2D eigenvalue weighted by molar-refractivity contribution is 6.00. The van der Waals surface area contributed by atoms with E-state index < -0.39 is 0 Å². The van der Waals surface area contributed by atoms with Gasteiger partial charge in [-0.25, -0.2) is 4.63 Å². The van der Waals surface area contributed by atoms with Gasteiger partial charge < -0.3 is 10.6 Å². The summed E-state index contributed by atoms with van der Waals surface area (Å²) in [7, 11) is 0. The summed E-state index contributed by atoms with van der Waals surface area (Å²) in [4.78, 5) is 12.5. The molecule has 2 heterocycles. The van der Waals surface area contributed by atoms with Crippen molar-refractivity contribution in [1.82, 2.24) is 10.3 Å². The van der Waals surface area contributed by atoms with E-state index in [1.165, 1.54) is 0 Å². The van der Waals surface area contributed by atoms with E-state index in [0.29, 0.717) is 24.0 Å². The van der Waals surface area contributed by atoms with Gasteiger partial charge in [-0.2, -0.15) is 0 Å². The highest BCUT2D eigenvalue weighted by Gasteiger charge is 2.36. The first-order chi connectivity index (χ1) is 10.3. The maximum absolute atomic E-state index is 12.5. The summed E-state index contributed by atoms with van der Waals surface area (Å²) in [6, 6.07) is -0.00148. The topological polar surface area (TPSA) is 80.1 Å². The zero-order valence-corrected chi connectivity index (χ0v) is 11.8. The summed E-state index contributed by atoms with van der Waals surface area (Å²) in [5, 5.41) is 14.5. The van der Waals surface area contributed by atoms with Crippen molar-refractivity contribution in [3.63, 3.8) is 0 Å². The first-order valence-corrected chi connectivity index (χ1v) is 7.60. The number of hydrogen-bond donors (Lipinski definition) is 2. The summed E-state index contributed by atoms with van der Waals surface area (Å²) in [6.45, 7) is 0. The number of nitrogens with zero attached hydrogens (tertiary/aromatic N) is 2. The molecular weight excluding hydrogens is 268 g/mol. The third-order valence-corrected chi connectivity index (χ3v) is 4.60. The number of carbonyl (C=O) groups is 1. The molecular formula is C15H18N4O2. The second kappa shape index (κ2) is 5.02. The SMILES string of the molecule is O=C1CCCC2=C1[C@H]([C@H]1CC=CCC1)Nc1nonc1N2. The Bertz CT molecular complexity index is 631. The molecule has 0 saturated carbocycles. The van der Waals surface area contributed by atoms with Gasteiger partial charge in [-0.15, -0.1) is 0 Å². The fourth-order valence-electron chi connectivity index (χ4n) is 3.56. The van der Waals surface area contributed by atoms with Gasteiger partial charge in [-0.05, 0) is 48.3 Å². The molecule has 4 rings (SSSR count). The van der Waals surface area contributed by atoms with E-state index in [0.717, 1.165) is 43.4 Å². The van der Waals surface area contributed by atoms with Crippen LogP contribution in [0.2, 0.25) is 0 Å². The third-order valence-electron chi connectivity index (χ3n) is 4.60. The van der Waals surface area contributed by atoms with Crippen molar-refractivity contribution in [2.24, 2.45) is 5.92 Å². The average Bonchev–Trinajstić information content (AvgIpc) is 2.87. The Labute approximate surface area is 122 Å². The molecule has 0 aromatic carbocycles. The molecule has 1 aromatic rings. The van der Waals surface area contributed by atoms with Gasteiger partial charge in [0.15, 0.2) is 5.78 Å². The van der Waals surface area contributed by atoms with Crippen LogP contribution in [0.15, 0.2) is 28.1 Å². The molecule has 0 amide bonds. The Hall–Kier alpha value is -2.11. The standard InChI is InChI=1S/C15H18N4O2/c20-11-8-4-7-10-12(11)13(9-5-2-1-3-6-9)17-15-14(16-10)18-21-19-15/h1-2,9,13H,3-8H2,(H,16,18)(H,17,19)/t9-,13-/m0/s1. The molecule has 2 aliphatic carbocycles. The first kappa shape index (κ1) is 12.6. The minimum atomic E-state index is -0.00148. The zero-order chi connectivity index (χ0) is 14.2. The van der Waals surface area contributed by atoms with Gasteiger partial charge in [0, 0.05) is 17.7 Å². The molecule has 1 aliphatic heterocycles. The van der Waals surface area contributed by atoms with Crippen LogP contribution in [0.4, 0.5) is 11.6 Å². The Morgan fingerprint density at radius 1 is 1.19 bits per heavy atom. The normalized spacial score (nSPS) is 28.3. The lowest BCUT2D eigenvalue weighted by molar-refractivity contribution is -0.116. The monoisotopic (exact) mass is 286 g/mol. The first-order valence-electron chi connectivity index (χ1n) is 7.60. The maximum atomic E-state index is 12.5. The predicted molar refractivity (Wildman–Crippen MR) is 77.7 cm³/mol. The molecule has 110 valence electrons. The quantitative estimate of drug-likeness (QED) is 0.773. The number of rotatable bonds is 1. The third kappa shape index (κ3) is 2.14. The zero-order valence-electron chi connectivity index (χ0n) is 11.8. The number of hydrogen-bond acceptors (Lipinski definition) is 6. The van der Waals surface area contributed by atoms with Gasteiger partial charge in [0.2, 0.25) is 11.6 Å². The van der Waals surface area contributed by atoms with Crippen molar-refractivity contribution in [3.05, 3.63) is 23.4 Å². The number of fused-ring (bicyclic) bond motifs is 1. The Morgan fingerprint density at radius 3 is 2.95 bits per heavy atom. The molecule has 0 unspecified atom stereocenters. The van der Waals surface area contributed by atoms with Crippen molar-refractivity contribution < 1.29 is 9.42 Å². The number of ketones is 1. The van der Waals surface area contributed by atoms with E-state index in [4.69, 9.17) is 4.63 Å². The second-order valence-electron chi connectivity index (χ2n) is 5.92. The van der Waals surface area contributed by atoms with Crippen LogP contribution in [0.3, 0.4) is 0 Å². The molecule has 1 aromatic heterocycles. The van der Waals surface area contributed by atoms with Gasteiger partial charge in [-0.1, -0.05) is 12.2 Å². The van der Waals surface area contributed by atoms with Crippen LogP contribution < -0.4 is 10.6 Å². The number of carbonyl (C=O) groups excluding carboxylic acids is 1. The minimum absolute atomic E-state index is 0.00148. The molecule has 6 heteroatoms. The summed E-state index contributed by atoms with van der Waals surface area (Å²) in [5.74, 6) is 1.85. The smallest absolute Gasteiger partial charge is 0.219 e. The van der Waals surface area contributed by atoms with Gasteiger partial charge in [0.05, 0.1) is 6.04 Å². The van der Waals surface area contributed by atoms with Crippen molar-refractivity contribution in [1.29, 1.82) is 0 Å². The molecule has 0 radical (unpaired) electrons. The molecule has 2 N–H and O–H groups in total. The van der Waals surface area contributed by atoms with Crippen LogP contribution in [0.5, 0.6) is 0 Å². The van der Waals surface area contributed by atoms with Gasteiger partial charge in [0.25, 0.3) is 0 Å². The van der Waals surface area contributed by atoms with Crippen LogP contribution in [-0.2, 0) is 4.79 Å². The van der Waals surface area contributed by atoms with Crippen LogP contribution in [0.25, 0.3) is 0 Å². The fourth-order valence-corrected chi connectivity index (χ4v) is 3.56. The van der Waals surface area contributed by atoms with E-state index in [1.807, 2.05) is 0 Å². The van der Waals surface area contributed by atoms with E-state index in [1.54, 1.807) is 0 Å². The number of nitrogens with one attached hydrogen (secondary N) is 2. The Kier molecular flexibility index (Phi) is 3.02. The molecule has 2 atom stereocenters. The number of Topliss-reactive ketones (excluding diaryl/α,β-unsaturated/α-hetero) is 1. The number of allylic oxidation sites excluding steroid dienone is 3. The fraction of sp³-hybridized carbons (Fsp3) is 0.533. The maximum Gasteiger partial charge on any atom is 0.219 e. The van der Waals surface area contributed by atoms with Crippen LogP contribution in [0, 0.1) is 5.92 Å². The summed E-state index contributed by atoms with van der Waals surface area (Å²) >= 11 is 0. The summed E-state index contributed by atoms with van der Waals surface area (Å²) < 4.78 is 4.82. The molecule has 0 saturated heterocycles. The largest absolute Gasteiger partial charge is 0.357 e. The highest BCUT2D eigenvalue weighted by Crippen LogP contribution is 2.37. The van der Waals surface area contributed by atoms with Gasteiger partial charge in [0.1, 0.15) is 0 Å². The van der Waals surface area contributed by atoms with Crippen LogP contribution in [0.1, 0.15) is 38.5 Å². The van der Waals surface area contributed by atoms with Crippen LogP contribution >= 0.6 is 0 Å². The predicted octanol–water partition coefficient (Wildman–Crippen LogP) is 2.64. The van der Waals surface area contributed by atoms with Crippen molar-refractivity contribution in [2.45, 2.75) is 44.6 Å². The van der Waals surface area contributed by atoms with E-state index in [9.17, 15) is 4.79 Å². The molecule has 0 spiro atoms. The summed E-state index contributed by atoms with van der Waals surface area (Å²) in [6.07, 6.45) is 9.97. The van der Waals surface area contributed by atoms with E-state index in [2.05, 4.69) is 33.1 Å². The van der Waals surface area contributed by atoms with Crippen molar-refractivity contribution >= 4 is 17.4 Å². The summed E-state index contributed by atoms with van der Waals surface area (Å²) in [5.41, 5.74) is 1.90. The lowest BCUT2D eigenvalue weighted by atomic mass is 9.79. The van der Waals surface area contributed by atoms with Crippen molar-refractivity contribution in [3.8, 4) is 0 Å². The number of aromatic nitrogens is 2. The Morgan fingerprint density at radius 2 is 2.10 bits per heavy atom.